The molecule has 0 aliphatic rings. The molecule has 0 fully saturated rings. The van der Waals surface area contributed by atoms with Crippen molar-refractivity contribution < 1.29 is 4.74 Å². The summed E-state index contributed by atoms with van der Waals surface area (Å²) in [5.74, 6) is 1.17. The number of alkyl halides is 1. The molecule has 0 spiro atoms. The molecule has 0 radical (unpaired) electrons. The smallest absolute Gasteiger partial charge is 0.214 e. The largest absolute Gasteiger partial charge is 0.472 e. The van der Waals surface area contributed by atoms with Gasteiger partial charge in [0.25, 0.3) is 0 Å². The Hall–Kier alpha value is -0.760. The number of hydrogen-bond donors (Lipinski definition) is 0. The Balaban J connectivity index is 2.95. The monoisotopic (exact) mass is 241 g/mol. The maximum Gasteiger partial charge on any atom is 0.214 e. The van der Waals surface area contributed by atoms with Crippen molar-refractivity contribution in [2.45, 2.75) is 52.0 Å². The molecule has 0 saturated carbocycles. The molecule has 0 bridgehead atoms. The average Bonchev–Trinajstić information content (AvgIpc) is 2.15. The van der Waals surface area contributed by atoms with Gasteiger partial charge in [0.1, 0.15) is 5.60 Å². The van der Waals surface area contributed by atoms with Gasteiger partial charge in [-0.15, -0.1) is 11.6 Å². The minimum Gasteiger partial charge on any atom is -0.472 e. The summed E-state index contributed by atoms with van der Waals surface area (Å²) in [6.07, 6.45) is 2.04. The van der Waals surface area contributed by atoms with Gasteiger partial charge in [0.15, 0.2) is 0 Å². The van der Waals surface area contributed by atoms with Crippen LogP contribution in [0.25, 0.3) is 0 Å². The highest BCUT2D eigenvalue weighted by molar-refractivity contribution is 6.17. The fraction of sp³-hybridized carbons (Fsp3) is 0.615. The van der Waals surface area contributed by atoms with E-state index in [9.17, 15) is 0 Å². The number of ether oxygens (including phenoxy) is 1. The molecule has 1 heterocycles. The van der Waals surface area contributed by atoms with Crippen molar-refractivity contribution in [3.05, 3.63) is 23.4 Å². The molecule has 16 heavy (non-hydrogen) atoms. The molecule has 0 aromatic carbocycles. The zero-order valence-corrected chi connectivity index (χ0v) is 11.3. The van der Waals surface area contributed by atoms with E-state index in [1.54, 1.807) is 0 Å². The maximum atomic E-state index is 5.86. The normalized spacial score (nSPS) is 11.6. The van der Waals surface area contributed by atoms with Crippen LogP contribution in [-0.4, -0.2) is 10.6 Å². The Morgan fingerprint density at radius 1 is 1.31 bits per heavy atom. The molecule has 0 unspecified atom stereocenters. The molecular weight excluding hydrogens is 222 g/mol. The first kappa shape index (κ1) is 13.3. The fourth-order valence-corrected chi connectivity index (χ4v) is 1.60. The average molecular weight is 242 g/mol. The van der Waals surface area contributed by atoms with E-state index in [-0.39, 0.29) is 5.60 Å². The van der Waals surface area contributed by atoms with Crippen LogP contribution < -0.4 is 4.74 Å². The summed E-state index contributed by atoms with van der Waals surface area (Å²) < 4.78 is 5.76. The Morgan fingerprint density at radius 3 is 2.50 bits per heavy atom. The predicted molar refractivity (Wildman–Crippen MR) is 68.2 cm³/mol. The summed E-state index contributed by atoms with van der Waals surface area (Å²) in [5.41, 5.74) is 1.90. The minimum absolute atomic E-state index is 0.221. The first-order chi connectivity index (χ1) is 7.44. The van der Waals surface area contributed by atoms with Crippen molar-refractivity contribution in [2.75, 3.05) is 0 Å². The van der Waals surface area contributed by atoms with Crippen LogP contribution in [0, 0.1) is 0 Å². The third-order valence-corrected chi connectivity index (χ3v) is 2.29. The molecule has 0 atom stereocenters. The number of halogens is 1. The number of hydrogen-bond acceptors (Lipinski definition) is 2. The number of rotatable bonds is 4. The summed E-state index contributed by atoms with van der Waals surface area (Å²) in [4.78, 5) is 4.48. The molecule has 3 heteroatoms. The predicted octanol–water partition coefficient (Wildman–Crippen LogP) is 3.95. The van der Waals surface area contributed by atoms with Gasteiger partial charge in [0, 0.05) is 17.6 Å². The molecule has 1 aromatic rings. The lowest BCUT2D eigenvalue weighted by molar-refractivity contribution is 0.123. The molecule has 0 saturated heterocycles. The zero-order chi connectivity index (χ0) is 12.2. The Morgan fingerprint density at radius 2 is 2.00 bits per heavy atom. The van der Waals surface area contributed by atoms with E-state index in [0.29, 0.717) is 11.8 Å². The molecule has 90 valence electrons. The van der Waals surface area contributed by atoms with E-state index in [1.807, 2.05) is 32.9 Å². The Bertz CT molecular complexity index is 344. The van der Waals surface area contributed by atoms with Crippen molar-refractivity contribution in [3.8, 4) is 5.88 Å². The summed E-state index contributed by atoms with van der Waals surface area (Å²) in [6, 6.07) is 3.96. The highest BCUT2D eigenvalue weighted by Crippen LogP contribution is 2.20. The van der Waals surface area contributed by atoms with Gasteiger partial charge in [-0.05, 0) is 38.8 Å². The maximum absolute atomic E-state index is 5.86. The van der Waals surface area contributed by atoms with Crippen molar-refractivity contribution in [3.63, 3.8) is 0 Å². The highest BCUT2D eigenvalue weighted by Gasteiger charge is 2.13. The molecule has 1 rings (SSSR count). The van der Waals surface area contributed by atoms with Crippen LogP contribution in [0.3, 0.4) is 0 Å². The van der Waals surface area contributed by atoms with Gasteiger partial charge in [0.05, 0.1) is 0 Å². The van der Waals surface area contributed by atoms with E-state index in [4.69, 9.17) is 16.3 Å². The molecular formula is C13H20ClNO. The van der Waals surface area contributed by atoms with E-state index < -0.39 is 0 Å². The molecule has 0 N–H and O–H groups in total. The van der Waals surface area contributed by atoms with E-state index in [2.05, 4.69) is 11.9 Å². The van der Waals surface area contributed by atoms with Crippen LogP contribution in [0.4, 0.5) is 0 Å². The lowest BCUT2D eigenvalue weighted by Gasteiger charge is -2.21. The van der Waals surface area contributed by atoms with Crippen LogP contribution in [0.15, 0.2) is 12.1 Å². The molecule has 2 nitrogen and oxygen atoms in total. The van der Waals surface area contributed by atoms with Crippen molar-refractivity contribution in [2.24, 2.45) is 0 Å². The number of aromatic nitrogens is 1. The van der Waals surface area contributed by atoms with E-state index in [0.717, 1.165) is 24.1 Å². The number of aryl methyl sites for hydroxylation is 1. The minimum atomic E-state index is -0.221. The van der Waals surface area contributed by atoms with Gasteiger partial charge < -0.3 is 4.74 Å². The molecule has 0 amide bonds. The molecule has 0 aliphatic heterocycles. The van der Waals surface area contributed by atoms with Crippen LogP contribution in [0.5, 0.6) is 5.88 Å². The van der Waals surface area contributed by atoms with Gasteiger partial charge >= 0.3 is 0 Å². The summed E-state index contributed by atoms with van der Waals surface area (Å²) in [7, 11) is 0. The zero-order valence-electron chi connectivity index (χ0n) is 10.5. The quantitative estimate of drug-likeness (QED) is 0.745. The van der Waals surface area contributed by atoms with Crippen LogP contribution in [0.1, 0.15) is 45.4 Å². The summed E-state index contributed by atoms with van der Waals surface area (Å²) in [5, 5.41) is 0. The number of nitrogens with zero attached hydrogens (tertiary/aromatic N) is 1. The van der Waals surface area contributed by atoms with Crippen LogP contribution in [-0.2, 0) is 12.3 Å². The van der Waals surface area contributed by atoms with Gasteiger partial charge in [-0.3, -0.25) is 0 Å². The van der Waals surface area contributed by atoms with Crippen LogP contribution in [0.2, 0.25) is 0 Å². The Labute approximate surface area is 103 Å². The second kappa shape index (κ2) is 5.53. The third kappa shape index (κ3) is 4.40. The fourth-order valence-electron chi connectivity index (χ4n) is 1.45. The van der Waals surface area contributed by atoms with Crippen molar-refractivity contribution in [1.29, 1.82) is 0 Å². The highest BCUT2D eigenvalue weighted by atomic mass is 35.5. The standard InChI is InChI=1S/C13H20ClNO/c1-5-6-11-7-10(9-14)8-12(15-11)16-13(2,3)4/h7-8H,5-6,9H2,1-4H3. The van der Waals surface area contributed by atoms with Gasteiger partial charge in [-0.1, -0.05) is 13.3 Å². The van der Waals surface area contributed by atoms with Crippen molar-refractivity contribution in [1.82, 2.24) is 4.98 Å². The molecule has 1 aromatic heterocycles. The SMILES string of the molecule is CCCc1cc(CCl)cc(OC(C)(C)C)n1. The molecule has 0 aliphatic carbocycles. The lowest BCUT2D eigenvalue weighted by Crippen LogP contribution is -2.23. The second-order valence-corrected chi connectivity index (χ2v) is 5.17. The first-order valence-electron chi connectivity index (χ1n) is 5.69. The van der Waals surface area contributed by atoms with E-state index >= 15 is 0 Å². The number of pyridine rings is 1. The van der Waals surface area contributed by atoms with Gasteiger partial charge in [0.2, 0.25) is 5.88 Å². The van der Waals surface area contributed by atoms with Crippen molar-refractivity contribution >= 4 is 11.6 Å². The lowest BCUT2D eigenvalue weighted by atomic mass is 10.1. The summed E-state index contributed by atoms with van der Waals surface area (Å²) in [6.45, 7) is 8.18. The topological polar surface area (TPSA) is 22.1 Å². The van der Waals surface area contributed by atoms with E-state index in [1.165, 1.54) is 0 Å². The summed E-state index contributed by atoms with van der Waals surface area (Å²) >= 11 is 5.86. The van der Waals surface area contributed by atoms with Crippen LogP contribution >= 0.6 is 11.6 Å². The Kier molecular flexibility index (Phi) is 4.60. The van der Waals surface area contributed by atoms with Gasteiger partial charge in [-0.2, -0.15) is 0 Å². The third-order valence-electron chi connectivity index (χ3n) is 1.99. The first-order valence-corrected chi connectivity index (χ1v) is 6.23. The second-order valence-electron chi connectivity index (χ2n) is 4.90. The van der Waals surface area contributed by atoms with Gasteiger partial charge in [-0.25, -0.2) is 4.98 Å².